The van der Waals surface area contributed by atoms with Gasteiger partial charge in [0.15, 0.2) is 5.82 Å². The fourth-order valence-electron chi connectivity index (χ4n) is 1.37. The summed E-state index contributed by atoms with van der Waals surface area (Å²) in [5.74, 6) is -3.30. The Morgan fingerprint density at radius 1 is 1.45 bits per heavy atom. The van der Waals surface area contributed by atoms with Gasteiger partial charge in [-0.05, 0) is 12.1 Å². The van der Waals surface area contributed by atoms with Crippen LogP contribution in [0.1, 0.15) is 10.4 Å². The van der Waals surface area contributed by atoms with Crippen LogP contribution >= 0.6 is 0 Å². The van der Waals surface area contributed by atoms with Crippen LogP contribution in [0.15, 0.2) is 31.0 Å². The van der Waals surface area contributed by atoms with Gasteiger partial charge in [0.2, 0.25) is 0 Å². The lowest BCUT2D eigenvalue weighted by atomic mass is 10.2. The highest BCUT2D eigenvalue weighted by Gasteiger charge is 2.27. The van der Waals surface area contributed by atoms with Gasteiger partial charge in [0.25, 0.3) is 11.8 Å². The SMILES string of the molecule is NCC(F)(F)CNC(=O)c1ccc(-n2cncn2)nc1. The van der Waals surface area contributed by atoms with Crippen LogP contribution in [0, 0.1) is 0 Å². The van der Waals surface area contributed by atoms with Gasteiger partial charge < -0.3 is 11.1 Å². The zero-order chi connectivity index (χ0) is 14.6. The highest BCUT2D eigenvalue weighted by atomic mass is 19.3. The summed E-state index contributed by atoms with van der Waals surface area (Å²) in [7, 11) is 0. The standard InChI is InChI=1S/C11H12F2N6O/c12-11(13,4-14)5-17-10(20)8-1-2-9(16-3-8)19-7-15-6-18-19/h1-3,6-7H,4-5,14H2,(H,17,20). The molecule has 0 aliphatic rings. The second kappa shape index (κ2) is 5.70. The molecule has 0 fully saturated rings. The third-order valence-corrected chi connectivity index (χ3v) is 2.47. The van der Waals surface area contributed by atoms with Gasteiger partial charge in [-0.25, -0.2) is 23.4 Å². The lowest BCUT2D eigenvalue weighted by Crippen LogP contribution is -2.41. The molecule has 0 aliphatic carbocycles. The van der Waals surface area contributed by atoms with E-state index >= 15 is 0 Å². The summed E-state index contributed by atoms with van der Waals surface area (Å²) in [5.41, 5.74) is 5.04. The Morgan fingerprint density at radius 2 is 2.25 bits per heavy atom. The molecule has 20 heavy (non-hydrogen) atoms. The number of nitrogens with zero attached hydrogens (tertiary/aromatic N) is 4. The highest BCUT2D eigenvalue weighted by Crippen LogP contribution is 2.09. The number of nitrogens with two attached hydrogens (primary N) is 1. The van der Waals surface area contributed by atoms with Crippen molar-refractivity contribution in [2.45, 2.75) is 5.92 Å². The number of halogens is 2. The van der Waals surface area contributed by atoms with E-state index in [4.69, 9.17) is 5.73 Å². The average Bonchev–Trinajstić information content (AvgIpc) is 2.99. The molecular formula is C11H12F2N6O. The summed E-state index contributed by atoms with van der Waals surface area (Å²) in [6.07, 6.45) is 4.06. The summed E-state index contributed by atoms with van der Waals surface area (Å²) in [6.45, 7) is -1.63. The molecule has 3 N–H and O–H groups in total. The van der Waals surface area contributed by atoms with Crippen LogP contribution in [-0.4, -0.2) is 44.7 Å². The number of carbonyl (C=O) groups is 1. The van der Waals surface area contributed by atoms with Crippen molar-refractivity contribution in [3.63, 3.8) is 0 Å². The fraction of sp³-hybridized carbons (Fsp3) is 0.273. The number of aromatic nitrogens is 4. The fourth-order valence-corrected chi connectivity index (χ4v) is 1.37. The average molecular weight is 282 g/mol. The molecule has 106 valence electrons. The largest absolute Gasteiger partial charge is 0.346 e. The van der Waals surface area contributed by atoms with Gasteiger partial charge in [0.05, 0.1) is 18.7 Å². The van der Waals surface area contributed by atoms with E-state index in [1.165, 1.54) is 35.7 Å². The second-order valence-corrected chi connectivity index (χ2v) is 3.99. The normalized spacial score (nSPS) is 11.3. The minimum absolute atomic E-state index is 0.168. The van der Waals surface area contributed by atoms with E-state index in [2.05, 4.69) is 20.4 Å². The molecule has 0 radical (unpaired) electrons. The Hall–Kier alpha value is -2.42. The van der Waals surface area contributed by atoms with Crippen LogP contribution in [-0.2, 0) is 0 Å². The van der Waals surface area contributed by atoms with E-state index in [9.17, 15) is 13.6 Å². The van der Waals surface area contributed by atoms with Crippen molar-refractivity contribution in [3.05, 3.63) is 36.5 Å². The highest BCUT2D eigenvalue weighted by molar-refractivity contribution is 5.93. The Morgan fingerprint density at radius 3 is 2.80 bits per heavy atom. The molecule has 2 rings (SSSR count). The number of alkyl halides is 2. The van der Waals surface area contributed by atoms with E-state index in [0.717, 1.165) is 0 Å². The zero-order valence-electron chi connectivity index (χ0n) is 10.3. The maximum absolute atomic E-state index is 12.9. The predicted octanol–water partition coefficient (Wildman–Crippen LogP) is -0.0139. The summed E-state index contributed by atoms with van der Waals surface area (Å²) in [6, 6.07) is 2.99. The van der Waals surface area contributed by atoms with Crippen molar-refractivity contribution >= 4 is 5.91 Å². The zero-order valence-corrected chi connectivity index (χ0v) is 10.3. The summed E-state index contributed by atoms with van der Waals surface area (Å²) in [4.78, 5) is 19.4. The first kappa shape index (κ1) is 14.0. The molecule has 0 saturated carbocycles. The molecule has 2 heterocycles. The molecule has 0 saturated heterocycles. The molecule has 1 amide bonds. The predicted molar refractivity (Wildman–Crippen MR) is 65.5 cm³/mol. The van der Waals surface area contributed by atoms with Crippen LogP contribution in [0.25, 0.3) is 5.82 Å². The lowest BCUT2D eigenvalue weighted by molar-refractivity contribution is 0.0118. The molecule has 0 bridgehead atoms. The topological polar surface area (TPSA) is 98.7 Å². The minimum atomic E-state index is -3.12. The van der Waals surface area contributed by atoms with Crippen LogP contribution in [0.2, 0.25) is 0 Å². The molecule has 0 aliphatic heterocycles. The van der Waals surface area contributed by atoms with Gasteiger partial charge in [-0.15, -0.1) is 0 Å². The van der Waals surface area contributed by atoms with Crippen LogP contribution in [0.5, 0.6) is 0 Å². The maximum Gasteiger partial charge on any atom is 0.277 e. The molecule has 0 aromatic carbocycles. The van der Waals surface area contributed by atoms with Crippen molar-refractivity contribution in [1.82, 2.24) is 25.1 Å². The van der Waals surface area contributed by atoms with Gasteiger partial charge in [0.1, 0.15) is 12.7 Å². The molecular weight excluding hydrogens is 270 g/mol. The molecule has 9 heteroatoms. The van der Waals surface area contributed by atoms with Crippen molar-refractivity contribution in [1.29, 1.82) is 0 Å². The van der Waals surface area contributed by atoms with Gasteiger partial charge >= 0.3 is 0 Å². The number of carbonyl (C=O) groups excluding carboxylic acids is 1. The third kappa shape index (κ3) is 3.32. The molecule has 2 aromatic heterocycles. The maximum atomic E-state index is 12.9. The van der Waals surface area contributed by atoms with Crippen LogP contribution in [0.4, 0.5) is 8.78 Å². The first-order valence-corrected chi connectivity index (χ1v) is 5.69. The first-order chi connectivity index (χ1) is 9.52. The number of hydrogen-bond acceptors (Lipinski definition) is 5. The molecule has 0 unspecified atom stereocenters. The van der Waals surface area contributed by atoms with Gasteiger partial charge in [-0.1, -0.05) is 0 Å². The van der Waals surface area contributed by atoms with Gasteiger partial charge in [-0.3, -0.25) is 4.79 Å². The molecule has 0 spiro atoms. The van der Waals surface area contributed by atoms with Crippen molar-refractivity contribution in [2.75, 3.05) is 13.1 Å². The van der Waals surface area contributed by atoms with Crippen molar-refractivity contribution in [2.24, 2.45) is 5.73 Å². The summed E-state index contributed by atoms with van der Waals surface area (Å²) >= 11 is 0. The Balaban J connectivity index is 2.01. The minimum Gasteiger partial charge on any atom is -0.346 e. The van der Waals surface area contributed by atoms with Crippen molar-refractivity contribution in [3.8, 4) is 5.82 Å². The van der Waals surface area contributed by atoms with Crippen LogP contribution in [0.3, 0.4) is 0 Å². The Kier molecular flexibility index (Phi) is 3.99. The van der Waals surface area contributed by atoms with E-state index in [0.29, 0.717) is 5.82 Å². The molecule has 7 nitrogen and oxygen atoms in total. The number of nitrogens with one attached hydrogen (secondary N) is 1. The van der Waals surface area contributed by atoms with Crippen LogP contribution < -0.4 is 11.1 Å². The third-order valence-electron chi connectivity index (χ3n) is 2.47. The van der Waals surface area contributed by atoms with E-state index in [1.807, 2.05) is 0 Å². The first-order valence-electron chi connectivity index (χ1n) is 5.69. The van der Waals surface area contributed by atoms with Gasteiger partial charge in [-0.2, -0.15) is 5.10 Å². The Bertz CT molecular complexity index is 569. The molecule has 0 atom stereocenters. The summed E-state index contributed by atoms with van der Waals surface area (Å²) < 4.78 is 27.2. The Labute approximate surface area is 112 Å². The second-order valence-electron chi connectivity index (χ2n) is 3.99. The van der Waals surface area contributed by atoms with Crippen molar-refractivity contribution < 1.29 is 13.6 Å². The number of pyridine rings is 1. The quantitative estimate of drug-likeness (QED) is 0.803. The molecule has 2 aromatic rings. The smallest absolute Gasteiger partial charge is 0.277 e. The van der Waals surface area contributed by atoms with E-state index in [1.54, 1.807) is 0 Å². The number of hydrogen-bond donors (Lipinski definition) is 2. The van der Waals surface area contributed by atoms with Gasteiger partial charge in [0, 0.05) is 6.20 Å². The number of rotatable bonds is 5. The summed E-state index contributed by atoms with van der Waals surface area (Å²) in [5, 5.41) is 5.97. The number of amides is 1. The van der Waals surface area contributed by atoms with E-state index in [-0.39, 0.29) is 5.56 Å². The van der Waals surface area contributed by atoms with E-state index < -0.39 is 24.9 Å². The monoisotopic (exact) mass is 282 g/mol. The lowest BCUT2D eigenvalue weighted by Gasteiger charge is -2.14.